The number of alkyl halides is 1. The fourth-order valence-corrected chi connectivity index (χ4v) is 6.00. The first kappa shape index (κ1) is 15.3. The van der Waals surface area contributed by atoms with Crippen molar-refractivity contribution in [2.45, 2.75) is 67.8 Å². The maximum absolute atomic E-state index is 12.9. The lowest BCUT2D eigenvalue weighted by atomic mass is 10.1. The molecule has 0 amide bonds. The van der Waals surface area contributed by atoms with Gasteiger partial charge >= 0.3 is 0 Å². The summed E-state index contributed by atoms with van der Waals surface area (Å²) in [5, 5.41) is 0.126. The first-order valence-corrected chi connectivity index (χ1v) is 9.66. The Morgan fingerprint density at radius 1 is 1.14 bits per heavy atom. The van der Waals surface area contributed by atoms with Crippen molar-refractivity contribution >= 4 is 21.6 Å². The second-order valence-corrected chi connectivity index (χ2v) is 8.64. The van der Waals surface area contributed by atoms with Gasteiger partial charge in [0.15, 0.2) is 0 Å². The maximum atomic E-state index is 12.9. The summed E-state index contributed by atoms with van der Waals surface area (Å²) in [7, 11) is -3.38. The van der Waals surface area contributed by atoms with Crippen molar-refractivity contribution < 1.29 is 8.42 Å². The van der Waals surface area contributed by atoms with Gasteiger partial charge in [-0.25, -0.2) is 8.42 Å². The summed E-state index contributed by atoms with van der Waals surface area (Å²) in [5.74, 6) is 0. The van der Waals surface area contributed by atoms with Crippen LogP contribution in [0.4, 0.5) is 0 Å². The predicted molar refractivity (Wildman–Crippen MR) is 85.1 cm³/mol. The Morgan fingerprint density at radius 3 is 2.24 bits per heavy atom. The highest BCUT2D eigenvalue weighted by Gasteiger charge is 2.46. The van der Waals surface area contributed by atoms with Crippen LogP contribution in [-0.4, -0.2) is 30.2 Å². The molecule has 3 rings (SSSR count). The van der Waals surface area contributed by atoms with E-state index in [-0.39, 0.29) is 17.5 Å². The number of halogens is 1. The van der Waals surface area contributed by atoms with Gasteiger partial charge in [-0.15, -0.1) is 11.6 Å². The lowest BCUT2D eigenvalue weighted by Crippen LogP contribution is -2.46. The lowest BCUT2D eigenvalue weighted by Gasteiger charge is -2.35. The van der Waals surface area contributed by atoms with E-state index < -0.39 is 10.0 Å². The van der Waals surface area contributed by atoms with Gasteiger partial charge in [0, 0.05) is 17.5 Å². The minimum Gasteiger partial charge on any atom is -0.207 e. The Morgan fingerprint density at radius 2 is 1.71 bits per heavy atom. The number of fused-ring (bicyclic) bond motifs is 2. The Kier molecular flexibility index (Phi) is 4.30. The third-order valence-electron chi connectivity index (χ3n) is 4.65. The molecule has 2 saturated heterocycles. The zero-order valence-corrected chi connectivity index (χ0v) is 13.9. The number of benzene rings is 1. The third kappa shape index (κ3) is 2.86. The molecule has 2 aliphatic heterocycles. The van der Waals surface area contributed by atoms with Crippen LogP contribution in [0.15, 0.2) is 29.2 Å². The smallest absolute Gasteiger partial charge is 0.207 e. The van der Waals surface area contributed by atoms with E-state index in [4.69, 9.17) is 11.6 Å². The first-order chi connectivity index (χ1) is 10.0. The van der Waals surface area contributed by atoms with Crippen molar-refractivity contribution in [1.82, 2.24) is 4.31 Å². The van der Waals surface area contributed by atoms with Crippen LogP contribution in [0.1, 0.15) is 44.6 Å². The van der Waals surface area contributed by atoms with Gasteiger partial charge in [-0.1, -0.05) is 25.5 Å². The fourth-order valence-electron chi connectivity index (χ4n) is 3.70. The molecule has 1 aromatic rings. The van der Waals surface area contributed by atoms with Crippen LogP contribution in [0.25, 0.3) is 0 Å². The largest absolute Gasteiger partial charge is 0.243 e. The van der Waals surface area contributed by atoms with E-state index in [0.29, 0.717) is 4.90 Å². The number of hydrogen-bond donors (Lipinski definition) is 0. The molecule has 0 spiro atoms. The van der Waals surface area contributed by atoms with Gasteiger partial charge in [0.05, 0.1) is 4.90 Å². The summed E-state index contributed by atoms with van der Waals surface area (Å²) in [6.07, 6.45) is 5.52. The van der Waals surface area contributed by atoms with E-state index >= 15 is 0 Å². The molecular weight excluding hydrogens is 306 g/mol. The third-order valence-corrected chi connectivity index (χ3v) is 7.02. The average Bonchev–Trinajstić information content (AvgIpc) is 2.73. The minimum absolute atomic E-state index is 0.0894. The molecule has 0 aromatic heterocycles. The molecule has 0 N–H and O–H groups in total. The Hall–Kier alpha value is -0.580. The minimum atomic E-state index is -3.38. The van der Waals surface area contributed by atoms with Crippen molar-refractivity contribution in [3.63, 3.8) is 0 Å². The van der Waals surface area contributed by atoms with Crippen LogP contribution in [0.3, 0.4) is 0 Å². The summed E-state index contributed by atoms with van der Waals surface area (Å²) in [6.45, 7) is 2.12. The maximum Gasteiger partial charge on any atom is 0.243 e. The van der Waals surface area contributed by atoms with Crippen LogP contribution in [0.2, 0.25) is 0 Å². The molecule has 2 heterocycles. The second kappa shape index (κ2) is 5.90. The highest BCUT2D eigenvalue weighted by Crippen LogP contribution is 2.41. The standard InChI is InChI=1S/C16H22ClNO2S/c1-2-3-12-4-8-16(9-5-12)21(19,20)18-14-6-7-15(18)11-13(17)10-14/h4-5,8-9,13-15H,2-3,6-7,10-11H2,1H3. The first-order valence-electron chi connectivity index (χ1n) is 7.79. The average molecular weight is 328 g/mol. The van der Waals surface area contributed by atoms with Crippen molar-refractivity contribution in [1.29, 1.82) is 0 Å². The molecule has 1 aromatic carbocycles. The molecule has 116 valence electrons. The van der Waals surface area contributed by atoms with Crippen LogP contribution in [0.5, 0.6) is 0 Å². The molecular formula is C16H22ClNO2S. The molecule has 2 fully saturated rings. The lowest BCUT2D eigenvalue weighted by molar-refractivity contribution is 0.251. The molecule has 2 atom stereocenters. The second-order valence-electron chi connectivity index (χ2n) is 6.18. The highest BCUT2D eigenvalue weighted by molar-refractivity contribution is 7.89. The molecule has 21 heavy (non-hydrogen) atoms. The molecule has 0 radical (unpaired) electrons. The van der Waals surface area contributed by atoms with Crippen LogP contribution in [0, 0.1) is 0 Å². The summed E-state index contributed by atoms with van der Waals surface area (Å²) in [4.78, 5) is 0.423. The Balaban J connectivity index is 1.87. The summed E-state index contributed by atoms with van der Waals surface area (Å²) in [5.41, 5.74) is 1.19. The molecule has 5 heteroatoms. The van der Waals surface area contributed by atoms with E-state index in [1.165, 1.54) is 5.56 Å². The highest BCUT2D eigenvalue weighted by atomic mass is 35.5. The van der Waals surface area contributed by atoms with Crippen LogP contribution >= 0.6 is 11.6 Å². The van der Waals surface area contributed by atoms with Crippen molar-refractivity contribution in [2.24, 2.45) is 0 Å². The van der Waals surface area contributed by atoms with Gasteiger partial charge in [0.1, 0.15) is 0 Å². The monoisotopic (exact) mass is 327 g/mol. The van der Waals surface area contributed by atoms with Gasteiger partial charge in [0.25, 0.3) is 0 Å². The molecule has 0 aliphatic carbocycles. The van der Waals surface area contributed by atoms with Crippen molar-refractivity contribution in [2.75, 3.05) is 0 Å². The van der Waals surface area contributed by atoms with Gasteiger partial charge in [-0.05, 0) is 49.8 Å². The van der Waals surface area contributed by atoms with E-state index in [9.17, 15) is 8.42 Å². The van der Waals surface area contributed by atoms with Gasteiger partial charge < -0.3 is 0 Å². The van der Waals surface area contributed by atoms with Gasteiger partial charge in [0.2, 0.25) is 10.0 Å². The van der Waals surface area contributed by atoms with E-state index in [1.807, 2.05) is 12.1 Å². The predicted octanol–water partition coefficient (Wildman–Crippen LogP) is 3.56. The number of piperidine rings is 1. The number of nitrogens with zero attached hydrogens (tertiary/aromatic N) is 1. The zero-order chi connectivity index (χ0) is 15.0. The summed E-state index contributed by atoms with van der Waals surface area (Å²) < 4.78 is 27.6. The van der Waals surface area contributed by atoms with E-state index in [2.05, 4.69) is 6.92 Å². The topological polar surface area (TPSA) is 37.4 Å². The number of aryl methyl sites for hydroxylation is 1. The molecule has 2 aliphatic rings. The Labute approximate surface area is 132 Å². The molecule has 2 bridgehead atoms. The molecule has 2 unspecified atom stereocenters. The summed E-state index contributed by atoms with van der Waals surface area (Å²) >= 11 is 6.24. The number of rotatable bonds is 4. The van der Waals surface area contributed by atoms with Crippen LogP contribution < -0.4 is 0 Å². The molecule has 3 nitrogen and oxygen atoms in total. The normalized spacial score (nSPS) is 29.7. The molecule has 0 saturated carbocycles. The number of sulfonamides is 1. The van der Waals surface area contributed by atoms with E-state index in [0.717, 1.165) is 38.5 Å². The summed E-state index contributed by atoms with van der Waals surface area (Å²) in [6, 6.07) is 7.57. The zero-order valence-electron chi connectivity index (χ0n) is 12.3. The Bertz CT molecular complexity index is 585. The van der Waals surface area contributed by atoms with Gasteiger partial charge in [-0.3, -0.25) is 0 Å². The SMILES string of the molecule is CCCc1ccc(S(=O)(=O)N2C3CCC2CC(Cl)C3)cc1. The number of hydrogen-bond acceptors (Lipinski definition) is 2. The van der Waals surface area contributed by atoms with Gasteiger partial charge in [-0.2, -0.15) is 4.31 Å². The van der Waals surface area contributed by atoms with Crippen molar-refractivity contribution in [3.8, 4) is 0 Å². The van der Waals surface area contributed by atoms with Crippen LogP contribution in [-0.2, 0) is 16.4 Å². The quantitative estimate of drug-likeness (QED) is 0.793. The van der Waals surface area contributed by atoms with E-state index in [1.54, 1.807) is 16.4 Å². The van der Waals surface area contributed by atoms with Crippen molar-refractivity contribution in [3.05, 3.63) is 29.8 Å². The fraction of sp³-hybridized carbons (Fsp3) is 0.625.